The fourth-order valence-corrected chi connectivity index (χ4v) is 3.35. The first-order valence-corrected chi connectivity index (χ1v) is 9.54. The summed E-state index contributed by atoms with van der Waals surface area (Å²) >= 11 is 0. The zero-order chi connectivity index (χ0) is 20.3. The average Bonchev–Trinajstić information content (AvgIpc) is 3.05. The van der Waals surface area contributed by atoms with Crippen molar-refractivity contribution in [3.05, 3.63) is 53.9 Å². The molecule has 1 aliphatic heterocycles. The van der Waals surface area contributed by atoms with Crippen molar-refractivity contribution in [1.29, 1.82) is 0 Å². The Morgan fingerprint density at radius 3 is 2.46 bits per heavy atom. The van der Waals surface area contributed by atoms with E-state index in [0.29, 0.717) is 19.6 Å². The SMILES string of the molecule is Cn1ccc(CC(=O)N2CCN(C(=O)OC(C)(C)C)CC2c2ccccc2)n1. The van der Waals surface area contributed by atoms with Gasteiger partial charge >= 0.3 is 6.09 Å². The lowest BCUT2D eigenvalue weighted by molar-refractivity contribution is -0.135. The molecule has 3 rings (SSSR count). The number of carbonyl (C=O) groups is 2. The Hall–Kier alpha value is -2.83. The maximum absolute atomic E-state index is 13.0. The second-order valence-corrected chi connectivity index (χ2v) is 8.10. The van der Waals surface area contributed by atoms with Crippen LogP contribution >= 0.6 is 0 Å². The van der Waals surface area contributed by atoms with Crippen molar-refractivity contribution >= 4 is 12.0 Å². The molecule has 0 aliphatic carbocycles. The Morgan fingerprint density at radius 1 is 1.14 bits per heavy atom. The van der Waals surface area contributed by atoms with E-state index in [1.165, 1.54) is 0 Å². The first-order chi connectivity index (χ1) is 13.2. The van der Waals surface area contributed by atoms with Gasteiger partial charge in [-0.2, -0.15) is 5.10 Å². The maximum atomic E-state index is 13.0. The quantitative estimate of drug-likeness (QED) is 0.816. The summed E-state index contributed by atoms with van der Waals surface area (Å²) < 4.78 is 7.22. The van der Waals surface area contributed by atoms with Gasteiger partial charge in [-0.05, 0) is 32.4 Å². The van der Waals surface area contributed by atoms with Gasteiger partial charge in [-0.3, -0.25) is 9.48 Å². The minimum Gasteiger partial charge on any atom is -0.444 e. The molecule has 1 atom stereocenters. The molecule has 0 spiro atoms. The Kier molecular flexibility index (Phi) is 5.72. The number of piperazine rings is 1. The van der Waals surface area contributed by atoms with Crippen LogP contribution in [0, 0.1) is 0 Å². The van der Waals surface area contributed by atoms with Crippen LogP contribution in [0.2, 0.25) is 0 Å². The van der Waals surface area contributed by atoms with E-state index in [9.17, 15) is 9.59 Å². The van der Waals surface area contributed by atoms with Gasteiger partial charge in [-0.25, -0.2) is 4.79 Å². The molecule has 1 unspecified atom stereocenters. The Bertz CT molecular complexity index is 826. The van der Waals surface area contributed by atoms with E-state index in [-0.39, 0.29) is 24.5 Å². The molecule has 7 nitrogen and oxygen atoms in total. The van der Waals surface area contributed by atoms with Crippen molar-refractivity contribution < 1.29 is 14.3 Å². The Labute approximate surface area is 165 Å². The van der Waals surface area contributed by atoms with Crippen LogP contribution in [0.15, 0.2) is 42.6 Å². The summed E-state index contributed by atoms with van der Waals surface area (Å²) in [6.07, 6.45) is 1.74. The molecule has 0 saturated carbocycles. The number of amides is 2. The number of aromatic nitrogens is 2. The highest BCUT2D eigenvalue weighted by atomic mass is 16.6. The lowest BCUT2D eigenvalue weighted by Crippen LogP contribution is -2.53. The predicted octanol–water partition coefficient (Wildman–Crippen LogP) is 2.78. The summed E-state index contributed by atoms with van der Waals surface area (Å²) in [5, 5.41) is 4.31. The first kappa shape index (κ1) is 19.9. The second-order valence-electron chi connectivity index (χ2n) is 8.10. The summed E-state index contributed by atoms with van der Waals surface area (Å²) in [6.45, 7) is 6.88. The van der Waals surface area contributed by atoms with Crippen molar-refractivity contribution in [2.75, 3.05) is 19.6 Å². The average molecular weight is 384 g/mol. The topological polar surface area (TPSA) is 67.7 Å². The number of hydrogen-bond acceptors (Lipinski definition) is 4. The molecule has 2 aromatic rings. The molecular formula is C21H28N4O3. The van der Waals surface area contributed by atoms with Crippen LogP contribution in [-0.2, 0) is 23.0 Å². The Morgan fingerprint density at radius 2 is 1.86 bits per heavy atom. The van der Waals surface area contributed by atoms with E-state index in [2.05, 4.69) is 5.10 Å². The number of ether oxygens (including phenoxy) is 1. The van der Waals surface area contributed by atoms with Crippen LogP contribution in [0.5, 0.6) is 0 Å². The van der Waals surface area contributed by atoms with Gasteiger partial charge in [0, 0.05) is 32.9 Å². The standard InChI is InChI=1S/C21H28N4O3/c1-21(2,3)28-20(27)24-12-13-25(18(15-24)16-8-6-5-7-9-16)19(26)14-17-10-11-23(4)22-17/h5-11,18H,12-15H2,1-4H3. The molecule has 7 heteroatoms. The third-order valence-corrected chi connectivity index (χ3v) is 4.64. The molecule has 0 radical (unpaired) electrons. The second kappa shape index (κ2) is 8.04. The van der Waals surface area contributed by atoms with Crippen LogP contribution in [-0.4, -0.2) is 56.8 Å². The molecule has 150 valence electrons. The molecule has 1 aliphatic rings. The van der Waals surface area contributed by atoms with E-state index in [1.807, 2.05) is 75.3 Å². The largest absolute Gasteiger partial charge is 0.444 e. The smallest absolute Gasteiger partial charge is 0.410 e. The molecular weight excluding hydrogens is 356 g/mol. The number of aryl methyl sites for hydroxylation is 1. The number of carbonyl (C=O) groups excluding carboxylic acids is 2. The molecule has 2 heterocycles. The molecule has 0 N–H and O–H groups in total. The maximum Gasteiger partial charge on any atom is 0.410 e. The number of nitrogens with zero attached hydrogens (tertiary/aromatic N) is 4. The molecule has 0 bridgehead atoms. The third-order valence-electron chi connectivity index (χ3n) is 4.64. The summed E-state index contributed by atoms with van der Waals surface area (Å²) in [7, 11) is 1.83. The summed E-state index contributed by atoms with van der Waals surface area (Å²) in [5.74, 6) is 0.0105. The molecule has 1 fully saturated rings. The normalized spacial score (nSPS) is 17.5. The molecule has 1 saturated heterocycles. The number of rotatable bonds is 3. The summed E-state index contributed by atoms with van der Waals surface area (Å²) in [4.78, 5) is 29.1. The van der Waals surface area contributed by atoms with Crippen LogP contribution < -0.4 is 0 Å². The van der Waals surface area contributed by atoms with Gasteiger partial charge in [0.25, 0.3) is 0 Å². The van der Waals surface area contributed by atoms with Crippen LogP contribution in [0.3, 0.4) is 0 Å². The van der Waals surface area contributed by atoms with E-state index in [4.69, 9.17) is 4.74 Å². The zero-order valence-corrected chi connectivity index (χ0v) is 17.0. The highest BCUT2D eigenvalue weighted by molar-refractivity contribution is 5.79. The van der Waals surface area contributed by atoms with Gasteiger partial charge in [0.05, 0.1) is 18.2 Å². The van der Waals surface area contributed by atoms with Crippen LogP contribution in [0.25, 0.3) is 0 Å². The van der Waals surface area contributed by atoms with Gasteiger partial charge in [0.2, 0.25) is 5.91 Å². The minimum absolute atomic E-state index is 0.0105. The van der Waals surface area contributed by atoms with Crippen molar-refractivity contribution in [2.45, 2.75) is 38.8 Å². The van der Waals surface area contributed by atoms with Crippen LogP contribution in [0.1, 0.15) is 38.1 Å². The lowest BCUT2D eigenvalue weighted by atomic mass is 10.0. The molecule has 1 aromatic heterocycles. The van der Waals surface area contributed by atoms with E-state index in [0.717, 1.165) is 11.3 Å². The molecule has 1 aromatic carbocycles. The summed E-state index contributed by atoms with van der Waals surface area (Å²) in [5.41, 5.74) is 1.20. The van der Waals surface area contributed by atoms with E-state index < -0.39 is 5.60 Å². The van der Waals surface area contributed by atoms with Crippen molar-refractivity contribution in [1.82, 2.24) is 19.6 Å². The van der Waals surface area contributed by atoms with Crippen molar-refractivity contribution in [2.24, 2.45) is 7.05 Å². The summed E-state index contributed by atoms with van der Waals surface area (Å²) in [6, 6.07) is 11.5. The van der Waals surface area contributed by atoms with Gasteiger partial charge < -0.3 is 14.5 Å². The fraction of sp³-hybridized carbons (Fsp3) is 0.476. The predicted molar refractivity (Wildman–Crippen MR) is 106 cm³/mol. The fourth-order valence-electron chi connectivity index (χ4n) is 3.35. The highest BCUT2D eigenvalue weighted by Gasteiger charge is 2.35. The third kappa shape index (κ3) is 4.91. The van der Waals surface area contributed by atoms with E-state index in [1.54, 1.807) is 9.58 Å². The van der Waals surface area contributed by atoms with Gasteiger partial charge in [-0.1, -0.05) is 30.3 Å². The van der Waals surface area contributed by atoms with Gasteiger partial charge in [-0.15, -0.1) is 0 Å². The Balaban J connectivity index is 1.78. The zero-order valence-electron chi connectivity index (χ0n) is 17.0. The minimum atomic E-state index is -0.550. The lowest BCUT2D eigenvalue weighted by Gasteiger charge is -2.42. The number of hydrogen-bond donors (Lipinski definition) is 0. The van der Waals surface area contributed by atoms with Crippen molar-refractivity contribution in [3.8, 4) is 0 Å². The monoisotopic (exact) mass is 384 g/mol. The van der Waals surface area contributed by atoms with Crippen LogP contribution in [0.4, 0.5) is 4.79 Å². The highest BCUT2D eigenvalue weighted by Crippen LogP contribution is 2.27. The van der Waals surface area contributed by atoms with Gasteiger partial charge in [0.15, 0.2) is 0 Å². The first-order valence-electron chi connectivity index (χ1n) is 9.54. The number of benzene rings is 1. The molecule has 28 heavy (non-hydrogen) atoms. The van der Waals surface area contributed by atoms with Crippen molar-refractivity contribution in [3.63, 3.8) is 0 Å². The van der Waals surface area contributed by atoms with Gasteiger partial charge in [0.1, 0.15) is 5.60 Å². The van der Waals surface area contributed by atoms with E-state index >= 15 is 0 Å². The molecule has 2 amide bonds.